The van der Waals surface area contributed by atoms with Crippen molar-refractivity contribution in [1.82, 2.24) is 0 Å². The number of hydrogen-bond acceptors (Lipinski definition) is 3. The van der Waals surface area contributed by atoms with E-state index >= 15 is 0 Å². The fourth-order valence-electron chi connectivity index (χ4n) is 5.07. The Bertz CT molecular complexity index is 1080. The molecule has 4 nitrogen and oxygen atoms in total. The topological polar surface area (TPSA) is 46.6 Å². The van der Waals surface area contributed by atoms with Crippen molar-refractivity contribution in [2.45, 2.75) is 59.8 Å². The number of Topliss-reactive ketones (excluding diaryl/α,β-unsaturated/α-hetero) is 1. The number of para-hydroxylation sites is 1. The summed E-state index contributed by atoms with van der Waals surface area (Å²) in [5.74, 6) is 0.667. The molecule has 1 heterocycles. The Morgan fingerprint density at radius 3 is 2.52 bits per heavy atom. The fraction of sp³-hybridized carbons (Fsp3) is 0.407. The first-order chi connectivity index (χ1) is 14.7. The van der Waals surface area contributed by atoms with E-state index in [1.165, 1.54) is 0 Å². The molecule has 2 aromatic carbocycles. The van der Waals surface area contributed by atoms with Gasteiger partial charge in [0, 0.05) is 35.6 Å². The number of ketones is 1. The minimum atomic E-state index is -0.268. The van der Waals surface area contributed by atoms with Crippen molar-refractivity contribution < 1.29 is 14.3 Å². The van der Waals surface area contributed by atoms with Crippen LogP contribution in [0.3, 0.4) is 0 Å². The van der Waals surface area contributed by atoms with Gasteiger partial charge in [-0.05, 0) is 50.3 Å². The second-order valence-corrected chi connectivity index (χ2v) is 9.55. The Labute approximate surface area is 184 Å². The number of carbonyl (C=O) groups is 2. The maximum absolute atomic E-state index is 13.6. The van der Waals surface area contributed by atoms with Gasteiger partial charge >= 0.3 is 0 Å². The first kappa shape index (κ1) is 21.4. The van der Waals surface area contributed by atoms with E-state index in [4.69, 9.17) is 4.74 Å². The molecule has 0 spiro atoms. The van der Waals surface area contributed by atoms with E-state index < -0.39 is 0 Å². The highest BCUT2D eigenvalue weighted by Gasteiger charge is 2.45. The number of rotatable bonds is 4. The van der Waals surface area contributed by atoms with E-state index in [0.717, 1.165) is 39.4 Å². The van der Waals surface area contributed by atoms with Crippen molar-refractivity contribution in [3.05, 3.63) is 70.4 Å². The predicted molar refractivity (Wildman–Crippen MR) is 123 cm³/mol. The van der Waals surface area contributed by atoms with E-state index in [0.29, 0.717) is 19.4 Å². The molecule has 0 bridgehead atoms. The van der Waals surface area contributed by atoms with Gasteiger partial charge in [0.05, 0.1) is 12.3 Å². The Balaban J connectivity index is 1.92. The summed E-state index contributed by atoms with van der Waals surface area (Å²) in [6.07, 6.45) is 1.46. The van der Waals surface area contributed by atoms with Gasteiger partial charge in [0.25, 0.3) is 0 Å². The molecule has 0 aromatic heterocycles. The van der Waals surface area contributed by atoms with E-state index in [2.05, 4.69) is 19.9 Å². The van der Waals surface area contributed by atoms with Gasteiger partial charge in [-0.3, -0.25) is 14.5 Å². The molecule has 2 aliphatic rings. The van der Waals surface area contributed by atoms with Gasteiger partial charge < -0.3 is 4.74 Å². The number of carbonyl (C=O) groups excluding carboxylic acids is 2. The first-order valence-electron chi connectivity index (χ1n) is 11.1. The summed E-state index contributed by atoms with van der Waals surface area (Å²) in [6, 6.07) is 13.9. The average molecular weight is 418 g/mol. The van der Waals surface area contributed by atoms with E-state index in [9.17, 15) is 9.59 Å². The lowest BCUT2D eigenvalue weighted by Crippen LogP contribution is -2.44. The number of anilines is 1. The molecule has 4 rings (SSSR count). The minimum Gasteiger partial charge on any atom is -0.494 e. The van der Waals surface area contributed by atoms with Crippen LogP contribution in [0.2, 0.25) is 0 Å². The number of benzene rings is 2. The normalized spacial score (nSPS) is 20.7. The quantitative estimate of drug-likeness (QED) is 0.625. The highest BCUT2D eigenvalue weighted by molar-refractivity contribution is 6.08. The van der Waals surface area contributed by atoms with E-state index in [-0.39, 0.29) is 29.4 Å². The molecule has 0 radical (unpaired) electrons. The van der Waals surface area contributed by atoms with Crippen LogP contribution >= 0.6 is 0 Å². The van der Waals surface area contributed by atoms with Crippen molar-refractivity contribution in [3.63, 3.8) is 0 Å². The summed E-state index contributed by atoms with van der Waals surface area (Å²) in [4.78, 5) is 28.9. The standard InChI is InChI=1S/C27H31NO3/c1-6-31-24-10-8-7-9-19(24)20-14-25(30)28(21-12-11-17(2)13-18(21)3)22-15-27(4,5)16-23(29)26(20)22/h7-13,20H,6,14-16H2,1-5H3. The van der Waals surface area contributed by atoms with Crippen LogP contribution in [0, 0.1) is 19.3 Å². The SMILES string of the molecule is CCOc1ccccc1C1CC(=O)N(c2ccc(C)cc2C)C2=C1C(=O)CC(C)(C)C2. The van der Waals surface area contributed by atoms with Crippen LogP contribution < -0.4 is 9.64 Å². The maximum atomic E-state index is 13.6. The highest BCUT2D eigenvalue weighted by atomic mass is 16.5. The number of hydrogen-bond donors (Lipinski definition) is 0. The van der Waals surface area contributed by atoms with E-state index in [1.807, 2.05) is 62.1 Å². The molecule has 31 heavy (non-hydrogen) atoms. The molecule has 1 unspecified atom stereocenters. The van der Waals surface area contributed by atoms with Crippen molar-refractivity contribution in [2.75, 3.05) is 11.5 Å². The second-order valence-electron chi connectivity index (χ2n) is 9.55. The molecule has 0 N–H and O–H groups in total. The van der Waals surface area contributed by atoms with Crippen molar-refractivity contribution in [1.29, 1.82) is 0 Å². The summed E-state index contributed by atoms with van der Waals surface area (Å²) in [5.41, 5.74) is 5.47. The fourth-order valence-corrected chi connectivity index (χ4v) is 5.07. The number of aryl methyl sites for hydroxylation is 2. The summed E-state index contributed by atoms with van der Waals surface area (Å²) < 4.78 is 5.87. The molecular weight excluding hydrogens is 386 g/mol. The van der Waals surface area contributed by atoms with Crippen LogP contribution in [0.15, 0.2) is 53.7 Å². The smallest absolute Gasteiger partial charge is 0.232 e. The Morgan fingerprint density at radius 1 is 1.06 bits per heavy atom. The zero-order valence-electron chi connectivity index (χ0n) is 19.1. The van der Waals surface area contributed by atoms with Crippen LogP contribution in [0.5, 0.6) is 5.75 Å². The number of amides is 1. The number of allylic oxidation sites excluding steroid dienone is 2. The van der Waals surface area contributed by atoms with Crippen LogP contribution in [0.4, 0.5) is 5.69 Å². The molecule has 0 saturated heterocycles. The molecule has 0 fully saturated rings. The van der Waals surface area contributed by atoms with Crippen molar-refractivity contribution in [2.24, 2.45) is 5.41 Å². The number of ether oxygens (including phenoxy) is 1. The van der Waals surface area contributed by atoms with Crippen LogP contribution in [0.1, 0.15) is 62.6 Å². The molecule has 2 aromatic rings. The lowest BCUT2D eigenvalue weighted by molar-refractivity contribution is -0.121. The molecule has 1 aliphatic carbocycles. The third kappa shape index (κ3) is 3.91. The largest absolute Gasteiger partial charge is 0.494 e. The Morgan fingerprint density at radius 2 is 1.81 bits per heavy atom. The summed E-state index contributed by atoms with van der Waals surface area (Å²) in [5, 5.41) is 0. The van der Waals surface area contributed by atoms with E-state index in [1.54, 1.807) is 0 Å². The van der Waals surface area contributed by atoms with Crippen LogP contribution in [0.25, 0.3) is 0 Å². The van der Waals surface area contributed by atoms with Crippen molar-refractivity contribution in [3.8, 4) is 5.75 Å². The van der Waals surface area contributed by atoms with Gasteiger partial charge in [-0.25, -0.2) is 0 Å². The predicted octanol–water partition coefficient (Wildman–Crippen LogP) is 5.87. The average Bonchev–Trinajstić information content (AvgIpc) is 2.68. The molecule has 0 saturated carbocycles. The molecule has 1 aliphatic heterocycles. The van der Waals surface area contributed by atoms with Gasteiger partial charge in [-0.1, -0.05) is 49.7 Å². The summed E-state index contributed by atoms with van der Waals surface area (Å²) in [7, 11) is 0. The molecular formula is C27H31NO3. The molecule has 162 valence electrons. The number of nitrogens with zero attached hydrogens (tertiary/aromatic N) is 1. The first-order valence-corrected chi connectivity index (χ1v) is 11.1. The lowest BCUT2D eigenvalue weighted by Gasteiger charge is -2.43. The van der Waals surface area contributed by atoms with Crippen LogP contribution in [-0.2, 0) is 9.59 Å². The summed E-state index contributed by atoms with van der Waals surface area (Å²) in [6.45, 7) is 10.8. The van der Waals surface area contributed by atoms with Gasteiger partial charge in [0.2, 0.25) is 5.91 Å². The Kier molecular flexibility index (Phi) is 5.50. The monoisotopic (exact) mass is 417 g/mol. The molecule has 1 amide bonds. The Hall–Kier alpha value is -2.88. The van der Waals surface area contributed by atoms with Crippen molar-refractivity contribution >= 4 is 17.4 Å². The van der Waals surface area contributed by atoms with Gasteiger partial charge in [-0.15, -0.1) is 0 Å². The molecule has 1 atom stereocenters. The second kappa shape index (κ2) is 7.99. The van der Waals surface area contributed by atoms with Gasteiger partial charge in [-0.2, -0.15) is 0 Å². The third-order valence-corrected chi connectivity index (χ3v) is 6.33. The minimum absolute atomic E-state index is 0.0347. The van der Waals surface area contributed by atoms with Gasteiger partial charge in [0.15, 0.2) is 5.78 Å². The van der Waals surface area contributed by atoms with Crippen LogP contribution in [-0.4, -0.2) is 18.3 Å². The molecule has 4 heteroatoms. The maximum Gasteiger partial charge on any atom is 0.232 e. The highest BCUT2D eigenvalue weighted by Crippen LogP contribution is 2.49. The summed E-state index contributed by atoms with van der Waals surface area (Å²) >= 11 is 0. The zero-order valence-corrected chi connectivity index (χ0v) is 19.1. The lowest BCUT2D eigenvalue weighted by atomic mass is 9.69. The van der Waals surface area contributed by atoms with Gasteiger partial charge in [0.1, 0.15) is 5.75 Å². The zero-order chi connectivity index (χ0) is 22.3. The third-order valence-electron chi connectivity index (χ3n) is 6.33.